The Labute approximate surface area is 196 Å². The number of nitro benzene ring substituents is 1. The molecule has 0 unspecified atom stereocenters. The maximum atomic E-state index is 12.1. The molecule has 174 valence electrons. The summed E-state index contributed by atoms with van der Waals surface area (Å²) >= 11 is 0. The number of nitro groups is 1. The smallest absolute Gasteiger partial charge is 0.293 e. The van der Waals surface area contributed by atoms with Gasteiger partial charge >= 0.3 is 0 Å². The SMILES string of the molecule is Cc1ccc(NC(=O)CCC(=O)NN=Cc2ccccc2OCc2ccccc2)c([N+](=O)[O-])c1. The first-order chi connectivity index (χ1) is 16.4. The van der Waals surface area contributed by atoms with E-state index in [1.807, 2.05) is 42.5 Å². The van der Waals surface area contributed by atoms with Gasteiger partial charge in [-0.05, 0) is 36.2 Å². The lowest BCUT2D eigenvalue weighted by molar-refractivity contribution is -0.384. The van der Waals surface area contributed by atoms with E-state index in [0.29, 0.717) is 23.5 Å². The lowest BCUT2D eigenvalue weighted by atomic mass is 10.2. The second-order valence-electron chi connectivity index (χ2n) is 7.43. The number of nitrogens with one attached hydrogen (secondary N) is 2. The summed E-state index contributed by atoms with van der Waals surface area (Å²) in [6, 6.07) is 21.5. The van der Waals surface area contributed by atoms with Crippen molar-refractivity contribution in [3.8, 4) is 5.75 Å². The molecular formula is C25H24N4O5. The molecule has 0 aromatic heterocycles. The van der Waals surface area contributed by atoms with Gasteiger partial charge in [-0.1, -0.05) is 48.5 Å². The van der Waals surface area contributed by atoms with Crippen LogP contribution in [-0.4, -0.2) is 23.0 Å². The van der Waals surface area contributed by atoms with Crippen LogP contribution in [0.25, 0.3) is 0 Å². The van der Waals surface area contributed by atoms with Crippen LogP contribution in [0.15, 0.2) is 77.9 Å². The Hall–Kier alpha value is -4.53. The lowest BCUT2D eigenvalue weighted by Gasteiger charge is -2.09. The van der Waals surface area contributed by atoms with Gasteiger partial charge in [-0.15, -0.1) is 0 Å². The number of benzene rings is 3. The third-order valence-electron chi connectivity index (χ3n) is 4.75. The maximum absolute atomic E-state index is 12.1. The molecule has 0 bridgehead atoms. The number of nitrogens with zero attached hydrogens (tertiary/aromatic N) is 2. The van der Waals surface area contributed by atoms with E-state index < -0.39 is 16.7 Å². The molecule has 0 radical (unpaired) electrons. The molecule has 34 heavy (non-hydrogen) atoms. The Morgan fingerprint density at radius 3 is 2.47 bits per heavy atom. The van der Waals surface area contributed by atoms with Crippen molar-refractivity contribution in [2.45, 2.75) is 26.4 Å². The molecule has 0 fully saturated rings. The molecule has 0 aliphatic heterocycles. The quantitative estimate of drug-likeness (QED) is 0.264. The molecular weight excluding hydrogens is 436 g/mol. The molecule has 2 amide bonds. The van der Waals surface area contributed by atoms with Gasteiger partial charge in [0.25, 0.3) is 5.69 Å². The second kappa shape index (κ2) is 11.9. The fourth-order valence-corrected chi connectivity index (χ4v) is 3.02. The summed E-state index contributed by atoms with van der Waals surface area (Å²) < 4.78 is 5.85. The standard InChI is InChI=1S/C25H24N4O5/c1-18-11-12-21(22(15-18)29(32)33)27-24(30)13-14-25(31)28-26-16-20-9-5-6-10-23(20)34-17-19-7-3-2-4-8-19/h2-12,15-16H,13-14,17H2,1H3,(H,27,30)(H,28,31). The highest BCUT2D eigenvalue weighted by Gasteiger charge is 2.16. The van der Waals surface area contributed by atoms with Gasteiger partial charge in [-0.25, -0.2) is 5.43 Å². The minimum absolute atomic E-state index is 0.0890. The molecule has 2 N–H and O–H groups in total. The molecule has 9 heteroatoms. The minimum atomic E-state index is -0.564. The van der Waals surface area contributed by atoms with Crippen LogP contribution < -0.4 is 15.5 Å². The Balaban J connectivity index is 1.49. The Kier molecular flexibility index (Phi) is 8.45. The molecule has 0 saturated heterocycles. The van der Waals surface area contributed by atoms with Crippen LogP contribution >= 0.6 is 0 Å². The molecule has 0 aliphatic carbocycles. The molecule has 3 aromatic carbocycles. The number of carbonyl (C=O) groups is 2. The van der Waals surface area contributed by atoms with E-state index in [1.165, 1.54) is 18.3 Å². The van der Waals surface area contributed by atoms with Gasteiger partial charge in [0.15, 0.2) is 0 Å². The molecule has 0 aliphatic rings. The van der Waals surface area contributed by atoms with Crippen molar-refractivity contribution < 1.29 is 19.2 Å². The van der Waals surface area contributed by atoms with E-state index in [-0.39, 0.29) is 24.2 Å². The number of anilines is 1. The largest absolute Gasteiger partial charge is 0.488 e. The number of carbonyl (C=O) groups excluding carboxylic acids is 2. The highest BCUT2D eigenvalue weighted by atomic mass is 16.6. The normalized spacial score (nSPS) is 10.6. The van der Waals surface area contributed by atoms with Crippen LogP contribution in [0.3, 0.4) is 0 Å². The molecule has 0 saturated carbocycles. The van der Waals surface area contributed by atoms with Crippen LogP contribution in [0.5, 0.6) is 5.75 Å². The molecule has 0 spiro atoms. The zero-order valence-electron chi connectivity index (χ0n) is 18.6. The van der Waals surface area contributed by atoms with Gasteiger partial charge in [-0.2, -0.15) is 5.10 Å². The van der Waals surface area contributed by atoms with Gasteiger partial charge < -0.3 is 10.1 Å². The van der Waals surface area contributed by atoms with E-state index in [0.717, 1.165) is 5.56 Å². The monoisotopic (exact) mass is 460 g/mol. The predicted molar refractivity (Wildman–Crippen MR) is 129 cm³/mol. The third kappa shape index (κ3) is 7.27. The summed E-state index contributed by atoms with van der Waals surface area (Å²) in [5.41, 5.74) is 4.68. The Morgan fingerprint density at radius 1 is 1.00 bits per heavy atom. The molecule has 0 atom stereocenters. The number of amides is 2. The molecule has 3 rings (SSSR count). The first-order valence-electron chi connectivity index (χ1n) is 10.5. The Bertz CT molecular complexity index is 1190. The Morgan fingerprint density at radius 2 is 1.71 bits per heavy atom. The van der Waals surface area contributed by atoms with Crippen LogP contribution in [0.2, 0.25) is 0 Å². The number of para-hydroxylation sites is 1. The number of aryl methyl sites for hydroxylation is 1. The van der Waals surface area contributed by atoms with Crippen molar-refractivity contribution in [3.63, 3.8) is 0 Å². The zero-order chi connectivity index (χ0) is 24.3. The van der Waals surface area contributed by atoms with Crippen LogP contribution in [0.4, 0.5) is 11.4 Å². The van der Waals surface area contributed by atoms with E-state index >= 15 is 0 Å². The van der Waals surface area contributed by atoms with Crippen molar-refractivity contribution in [3.05, 3.63) is 99.6 Å². The summed E-state index contributed by atoms with van der Waals surface area (Å²) in [4.78, 5) is 34.8. The second-order valence-corrected chi connectivity index (χ2v) is 7.43. The maximum Gasteiger partial charge on any atom is 0.293 e. The zero-order valence-corrected chi connectivity index (χ0v) is 18.6. The van der Waals surface area contributed by atoms with E-state index in [4.69, 9.17) is 4.74 Å². The summed E-state index contributed by atoms with van der Waals surface area (Å²) in [5.74, 6) is -0.360. The lowest BCUT2D eigenvalue weighted by Crippen LogP contribution is -2.21. The number of hydrazone groups is 1. The number of rotatable bonds is 10. The van der Waals surface area contributed by atoms with Crippen LogP contribution in [0.1, 0.15) is 29.5 Å². The molecule has 9 nitrogen and oxygen atoms in total. The summed E-state index contributed by atoms with van der Waals surface area (Å²) in [6.45, 7) is 2.11. The van der Waals surface area contributed by atoms with E-state index in [1.54, 1.807) is 25.1 Å². The number of hydrogen-bond acceptors (Lipinski definition) is 6. The number of hydrogen-bond donors (Lipinski definition) is 2. The van der Waals surface area contributed by atoms with Crippen molar-refractivity contribution in [2.24, 2.45) is 5.10 Å². The number of ether oxygens (including phenoxy) is 1. The minimum Gasteiger partial charge on any atom is -0.488 e. The highest BCUT2D eigenvalue weighted by molar-refractivity contribution is 5.95. The van der Waals surface area contributed by atoms with Gasteiger partial charge in [0.1, 0.15) is 18.0 Å². The first kappa shape index (κ1) is 24.1. The molecule has 3 aromatic rings. The fourth-order valence-electron chi connectivity index (χ4n) is 3.02. The topological polar surface area (TPSA) is 123 Å². The van der Waals surface area contributed by atoms with Crippen LogP contribution in [-0.2, 0) is 16.2 Å². The van der Waals surface area contributed by atoms with Gasteiger partial charge in [0, 0.05) is 24.5 Å². The van der Waals surface area contributed by atoms with Crippen LogP contribution in [0, 0.1) is 17.0 Å². The summed E-state index contributed by atoms with van der Waals surface area (Å²) in [6.07, 6.45) is 1.19. The predicted octanol–water partition coefficient (Wildman–Crippen LogP) is 4.35. The summed E-state index contributed by atoms with van der Waals surface area (Å²) in [5, 5.41) is 17.6. The average molecular weight is 460 g/mol. The van der Waals surface area contributed by atoms with E-state index in [2.05, 4.69) is 15.8 Å². The van der Waals surface area contributed by atoms with Crippen molar-refractivity contribution in [1.29, 1.82) is 0 Å². The fraction of sp³-hybridized carbons (Fsp3) is 0.160. The first-order valence-corrected chi connectivity index (χ1v) is 10.5. The van der Waals surface area contributed by atoms with Gasteiger partial charge in [-0.3, -0.25) is 19.7 Å². The van der Waals surface area contributed by atoms with Gasteiger partial charge in [0.05, 0.1) is 11.1 Å². The van der Waals surface area contributed by atoms with Crippen molar-refractivity contribution in [1.82, 2.24) is 5.43 Å². The van der Waals surface area contributed by atoms with Gasteiger partial charge in [0.2, 0.25) is 11.8 Å². The highest BCUT2D eigenvalue weighted by Crippen LogP contribution is 2.25. The summed E-state index contributed by atoms with van der Waals surface area (Å²) in [7, 11) is 0. The molecule has 0 heterocycles. The van der Waals surface area contributed by atoms with Crippen molar-refractivity contribution >= 4 is 29.4 Å². The third-order valence-corrected chi connectivity index (χ3v) is 4.75. The average Bonchev–Trinajstić information content (AvgIpc) is 2.84. The van der Waals surface area contributed by atoms with E-state index in [9.17, 15) is 19.7 Å². The van der Waals surface area contributed by atoms with Crippen molar-refractivity contribution in [2.75, 3.05) is 5.32 Å².